The molecule has 1 fully saturated rings. The van der Waals surface area contributed by atoms with Crippen LogP contribution in [-0.2, 0) is 36.9 Å². The molecule has 3 rings (SSSR count). The Labute approximate surface area is 244 Å². The van der Waals surface area contributed by atoms with Gasteiger partial charge in [0.05, 0.1) is 0 Å². The normalized spacial score (nSPS) is 17.1. The highest BCUT2D eigenvalue weighted by molar-refractivity contribution is 5.95. The summed E-state index contributed by atoms with van der Waals surface area (Å²) in [6.45, 7) is 8.51. The number of esters is 1. The lowest BCUT2D eigenvalue weighted by Gasteiger charge is -2.33. The summed E-state index contributed by atoms with van der Waals surface area (Å²) in [6, 6.07) is 10.2. The van der Waals surface area contributed by atoms with Crippen LogP contribution >= 0.6 is 0 Å². The maximum atomic E-state index is 14.0. The Kier molecular flexibility index (Phi) is 10.6. The van der Waals surface area contributed by atoms with Gasteiger partial charge < -0.3 is 25.0 Å². The van der Waals surface area contributed by atoms with Crippen molar-refractivity contribution in [3.05, 3.63) is 71.3 Å². The molecule has 3 atom stereocenters. The van der Waals surface area contributed by atoms with Gasteiger partial charge in [-0.2, -0.15) is 0 Å². The number of rotatable bonds is 10. The highest BCUT2D eigenvalue weighted by Crippen LogP contribution is 2.23. The van der Waals surface area contributed by atoms with E-state index >= 15 is 0 Å². The molecule has 2 aromatic rings. The van der Waals surface area contributed by atoms with Gasteiger partial charge in [0.1, 0.15) is 29.8 Å². The zero-order chi connectivity index (χ0) is 31.1. The van der Waals surface area contributed by atoms with E-state index in [1.807, 2.05) is 30.3 Å². The summed E-state index contributed by atoms with van der Waals surface area (Å²) >= 11 is 0. The van der Waals surface area contributed by atoms with Crippen LogP contribution in [0.5, 0.6) is 0 Å². The van der Waals surface area contributed by atoms with E-state index in [4.69, 9.17) is 9.47 Å². The van der Waals surface area contributed by atoms with E-state index in [9.17, 15) is 28.0 Å². The smallest absolute Gasteiger partial charge is 0.408 e. The molecule has 2 N–H and O–H groups in total. The SMILES string of the molecule is CC[C@](C)(NC(=O)OC(C)(C)C)C(=O)NC(Cc1ccc(F)c(F)c1)C(=O)N1CCC[C@@H]1C(=O)OCc1ccccc1. The van der Waals surface area contributed by atoms with Crippen LogP contribution in [0, 0.1) is 11.6 Å². The molecule has 0 radical (unpaired) electrons. The van der Waals surface area contributed by atoms with Crippen molar-refractivity contribution in [1.29, 1.82) is 0 Å². The molecule has 0 saturated carbocycles. The molecule has 1 saturated heterocycles. The molecule has 0 aromatic heterocycles. The molecule has 0 aliphatic carbocycles. The van der Waals surface area contributed by atoms with Crippen LogP contribution in [0.15, 0.2) is 48.5 Å². The van der Waals surface area contributed by atoms with Crippen molar-refractivity contribution in [2.75, 3.05) is 6.54 Å². The number of ether oxygens (including phenoxy) is 2. The number of nitrogens with zero attached hydrogens (tertiary/aromatic N) is 1. The molecule has 3 amide bonds. The summed E-state index contributed by atoms with van der Waals surface area (Å²) in [5, 5.41) is 5.26. The minimum absolute atomic E-state index is 0.0401. The van der Waals surface area contributed by atoms with E-state index in [0.717, 1.165) is 17.7 Å². The quantitative estimate of drug-likeness (QED) is 0.398. The third-order valence-electron chi connectivity index (χ3n) is 7.04. The maximum Gasteiger partial charge on any atom is 0.408 e. The molecule has 9 nitrogen and oxygen atoms in total. The second kappa shape index (κ2) is 13.8. The second-order valence-corrected chi connectivity index (χ2v) is 11.6. The molecule has 228 valence electrons. The van der Waals surface area contributed by atoms with Gasteiger partial charge in [-0.25, -0.2) is 18.4 Å². The Morgan fingerprint density at radius 2 is 1.69 bits per heavy atom. The maximum absolute atomic E-state index is 14.0. The largest absolute Gasteiger partial charge is 0.459 e. The first-order valence-electron chi connectivity index (χ1n) is 14.0. The van der Waals surface area contributed by atoms with Gasteiger partial charge >= 0.3 is 12.1 Å². The molecule has 1 unspecified atom stereocenters. The van der Waals surface area contributed by atoms with E-state index in [1.165, 1.54) is 17.9 Å². The van der Waals surface area contributed by atoms with E-state index in [-0.39, 0.29) is 31.6 Å². The van der Waals surface area contributed by atoms with E-state index < -0.39 is 58.7 Å². The van der Waals surface area contributed by atoms with Gasteiger partial charge in [0, 0.05) is 13.0 Å². The van der Waals surface area contributed by atoms with Crippen molar-refractivity contribution in [3.63, 3.8) is 0 Å². The van der Waals surface area contributed by atoms with Crippen LogP contribution in [0.25, 0.3) is 0 Å². The molecule has 0 spiro atoms. The number of carbonyl (C=O) groups is 4. The lowest BCUT2D eigenvalue weighted by atomic mass is 9.96. The van der Waals surface area contributed by atoms with Gasteiger partial charge in [0.2, 0.25) is 11.8 Å². The molecule has 1 heterocycles. The Hall–Kier alpha value is -4.02. The Balaban J connectivity index is 1.82. The molecule has 1 aliphatic rings. The number of halogens is 2. The average Bonchev–Trinajstić information content (AvgIpc) is 3.42. The van der Waals surface area contributed by atoms with Crippen LogP contribution in [0.3, 0.4) is 0 Å². The summed E-state index contributed by atoms with van der Waals surface area (Å²) in [4.78, 5) is 54.3. The minimum Gasteiger partial charge on any atom is -0.459 e. The van der Waals surface area contributed by atoms with Gasteiger partial charge in [0.15, 0.2) is 11.6 Å². The van der Waals surface area contributed by atoms with Crippen LogP contribution in [0.1, 0.15) is 65.0 Å². The van der Waals surface area contributed by atoms with Crippen LogP contribution in [0.4, 0.5) is 13.6 Å². The molecule has 2 aromatic carbocycles. The number of nitrogens with one attached hydrogen (secondary N) is 2. The van der Waals surface area contributed by atoms with Crippen molar-refractivity contribution < 1.29 is 37.4 Å². The molecule has 0 bridgehead atoms. The Bertz CT molecular complexity index is 1280. The number of amides is 3. The highest BCUT2D eigenvalue weighted by Gasteiger charge is 2.41. The number of likely N-dealkylation sites (tertiary alicyclic amines) is 1. The van der Waals surface area contributed by atoms with Gasteiger partial charge in [-0.1, -0.05) is 43.3 Å². The van der Waals surface area contributed by atoms with Gasteiger partial charge in [-0.05, 0) is 70.2 Å². The number of hydrogen-bond acceptors (Lipinski definition) is 6. The monoisotopic (exact) mass is 587 g/mol. The van der Waals surface area contributed by atoms with E-state index in [2.05, 4.69) is 10.6 Å². The third kappa shape index (κ3) is 8.74. The van der Waals surface area contributed by atoms with Crippen molar-refractivity contribution in [2.24, 2.45) is 0 Å². The first kappa shape index (κ1) is 32.5. The van der Waals surface area contributed by atoms with Crippen molar-refractivity contribution in [2.45, 2.75) is 90.1 Å². The van der Waals surface area contributed by atoms with Crippen LogP contribution in [0.2, 0.25) is 0 Å². The predicted octanol–water partition coefficient (Wildman–Crippen LogP) is 4.42. The standard InChI is InChI=1S/C31H39F2N3O6/c1-6-31(5,35-29(40)42-30(2,3)4)28(39)34-24(18-21-14-15-22(32)23(33)17-21)26(37)36-16-10-13-25(36)27(38)41-19-20-11-8-7-9-12-20/h7-9,11-12,14-15,17,24-25H,6,10,13,16,18-19H2,1-5H3,(H,34,39)(H,35,40)/t24?,25-,31+/m1/s1. The van der Waals surface area contributed by atoms with Crippen LogP contribution < -0.4 is 10.6 Å². The lowest BCUT2D eigenvalue weighted by molar-refractivity contribution is -0.155. The summed E-state index contributed by atoms with van der Waals surface area (Å²) in [5.74, 6) is -3.99. The molecular weight excluding hydrogens is 548 g/mol. The van der Waals surface area contributed by atoms with Gasteiger partial charge in [0.25, 0.3) is 0 Å². The summed E-state index contributed by atoms with van der Waals surface area (Å²) in [7, 11) is 0. The van der Waals surface area contributed by atoms with E-state index in [0.29, 0.717) is 12.8 Å². The van der Waals surface area contributed by atoms with Crippen molar-refractivity contribution in [3.8, 4) is 0 Å². The molecule has 1 aliphatic heterocycles. The third-order valence-corrected chi connectivity index (χ3v) is 7.04. The van der Waals surface area contributed by atoms with Gasteiger partial charge in [-0.15, -0.1) is 0 Å². The lowest BCUT2D eigenvalue weighted by Crippen LogP contribution is -2.61. The van der Waals surface area contributed by atoms with Crippen molar-refractivity contribution in [1.82, 2.24) is 15.5 Å². The topological polar surface area (TPSA) is 114 Å². The number of benzene rings is 2. The zero-order valence-corrected chi connectivity index (χ0v) is 24.7. The second-order valence-electron chi connectivity index (χ2n) is 11.6. The summed E-state index contributed by atoms with van der Waals surface area (Å²) in [6.07, 6.45) is 0.0675. The number of hydrogen-bond donors (Lipinski definition) is 2. The fourth-order valence-electron chi connectivity index (χ4n) is 4.56. The number of carbonyl (C=O) groups excluding carboxylic acids is 4. The first-order valence-corrected chi connectivity index (χ1v) is 14.0. The Morgan fingerprint density at radius 3 is 2.31 bits per heavy atom. The van der Waals surface area contributed by atoms with E-state index in [1.54, 1.807) is 27.7 Å². The molecule has 42 heavy (non-hydrogen) atoms. The summed E-state index contributed by atoms with van der Waals surface area (Å²) in [5.41, 5.74) is -1.22. The minimum atomic E-state index is -1.46. The highest BCUT2D eigenvalue weighted by atomic mass is 19.2. The first-order chi connectivity index (χ1) is 19.7. The van der Waals surface area contributed by atoms with Crippen LogP contribution in [-0.4, -0.2) is 58.5 Å². The van der Waals surface area contributed by atoms with Crippen molar-refractivity contribution >= 4 is 23.9 Å². The molecule has 11 heteroatoms. The fourth-order valence-corrected chi connectivity index (χ4v) is 4.56. The Morgan fingerprint density at radius 1 is 1.00 bits per heavy atom. The fraction of sp³-hybridized carbons (Fsp3) is 0.484. The van der Waals surface area contributed by atoms with Gasteiger partial charge in [-0.3, -0.25) is 9.59 Å². The zero-order valence-electron chi connectivity index (χ0n) is 24.7. The predicted molar refractivity (Wildman–Crippen MR) is 151 cm³/mol. The molecular formula is C31H39F2N3O6. The number of alkyl carbamates (subject to hydrolysis) is 1. The summed E-state index contributed by atoms with van der Waals surface area (Å²) < 4.78 is 38.4. The average molecular weight is 588 g/mol.